The van der Waals surface area contributed by atoms with E-state index in [4.69, 9.17) is 0 Å². The Morgan fingerprint density at radius 3 is 2.61 bits per heavy atom. The SMILES string of the molecule is O=C1CN(CCC(=O)Nc2ccccc2)C(=O)N1. The van der Waals surface area contributed by atoms with Gasteiger partial charge in [-0.05, 0) is 12.1 Å². The number of rotatable bonds is 4. The Hall–Kier alpha value is -2.37. The van der Waals surface area contributed by atoms with Crippen LogP contribution < -0.4 is 10.6 Å². The number of para-hydroxylation sites is 1. The Kier molecular flexibility index (Phi) is 3.57. The highest BCUT2D eigenvalue weighted by Crippen LogP contribution is 2.06. The molecular weight excluding hydrogens is 234 g/mol. The summed E-state index contributed by atoms with van der Waals surface area (Å²) in [6.45, 7) is 0.258. The molecule has 0 bridgehead atoms. The molecule has 0 aromatic heterocycles. The third kappa shape index (κ3) is 3.07. The lowest BCUT2D eigenvalue weighted by Gasteiger charge is -2.12. The van der Waals surface area contributed by atoms with Crippen LogP contribution in [0.3, 0.4) is 0 Å². The summed E-state index contributed by atoms with van der Waals surface area (Å²) in [6, 6.07) is 8.63. The molecule has 94 valence electrons. The van der Waals surface area contributed by atoms with E-state index >= 15 is 0 Å². The summed E-state index contributed by atoms with van der Waals surface area (Å²) in [5.74, 6) is -0.517. The van der Waals surface area contributed by atoms with Gasteiger partial charge in [-0.15, -0.1) is 0 Å². The van der Waals surface area contributed by atoms with Crippen molar-refractivity contribution in [3.05, 3.63) is 30.3 Å². The maximum absolute atomic E-state index is 11.6. The molecule has 1 fully saturated rings. The van der Waals surface area contributed by atoms with Crippen LogP contribution in [0.25, 0.3) is 0 Å². The van der Waals surface area contributed by atoms with Gasteiger partial charge in [0.2, 0.25) is 11.8 Å². The van der Waals surface area contributed by atoms with Gasteiger partial charge < -0.3 is 10.2 Å². The number of imide groups is 1. The van der Waals surface area contributed by atoms with Crippen molar-refractivity contribution in [3.63, 3.8) is 0 Å². The molecule has 1 aromatic carbocycles. The van der Waals surface area contributed by atoms with Crippen molar-refractivity contribution in [1.82, 2.24) is 10.2 Å². The molecule has 1 saturated heterocycles. The van der Waals surface area contributed by atoms with Crippen molar-refractivity contribution < 1.29 is 14.4 Å². The van der Waals surface area contributed by atoms with Crippen LogP contribution in [0.5, 0.6) is 0 Å². The summed E-state index contributed by atoms with van der Waals surface area (Å²) in [6.07, 6.45) is 0.162. The quantitative estimate of drug-likeness (QED) is 0.763. The fourth-order valence-corrected chi connectivity index (χ4v) is 1.65. The summed E-state index contributed by atoms with van der Waals surface area (Å²) in [5.41, 5.74) is 0.712. The molecule has 6 heteroatoms. The van der Waals surface area contributed by atoms with E-state index in [9.17, 15) is 14.4 Å². The van der Waals surface area contributed by atoms with Crippen molar-refractivity contribution in [1.29, 1.82) is 0 Å². The lowest BCUT2D eigenvalue weighted by Crippen LogP contribution is -2.31. The molecule has 2 rings (SSSR count). The minimum atomic E-state index is -0.437. The molecule has 4 amide bonds. The van der Waals surface area contributed by atoms with Gasteiger partial charge in [-0.3, -0.25) is 14.9 Å². The van der Waals surface area contributed by atoms with Gasteiger partial charge in [0.15, 0.2) is 0 Å². The maximum atomic E-state index is 11.6. The first-order valence-corrected chi connectivity index (χ1v) is 5.59. The molecule has 0 saturated carbocycles. The van der Waals surface area contributed by atoms with Crippen molar-refractivity contribution >= 4 is 23.5 Å². The Bertz CT molecular complexity index is 473. The fraction of sp³-hybridized carbons (Fsp3) is 0.250. The van der Waals surface area contributed by atoms with Gasteiger partial charge in [-0.1, -0.05) is 18.2 Å². The number of carbonyl (C=O) groups excluding carboxylic acids is 3. The van der Waals surface area contributed by atoms with Gasteiger partial charge in [-0.2, -0.15) is 0 Å². The second-order valence-corrected chi connectivity index (χ2v) is 3.94. The third-order valence-electron chi connectivity index (χ3n) is 2.53. The van der Waals surface area contributed by atoms with Crippen molar-refractivity contribution in [3.8, 4) is 0 Å². The van der Waals surface area contributed by atoms with Crippen LogP contribution in [0.2, 0.25) is 0 Å². The van der Waals surface area contributed by atoms with Gasteiger partial charge >= 0.3 is 6.03 Å². The second-order valence-electron chi connectivity index (χ2n) is 3.94. The lowest BCUT2D eigenvalue weighted by molar-refractivity contribution is -0.119. The highest BCUT2D eigenvalue weighted by atomic mass is 16.2. The zero-order valence-corrected chi connectivity index (χ0v) is 9.68. The Morgan fingerprint density at radius 2 is 2.00 bits per heavy atom. The number of nitrogens with zero attached hydrogens (tertiary/aromatic N) is 1. The van der Waals surface area contributed by atoms with Gasteiger partial charge in [0.05, 0.1) is 0 Å². The Morgan fingerprint density at radius 1 is 1.28 bits per heavy atom. The number of anilines is 1. The van der Waals surface area contributed by atoms with E-state index in [1.165, 1.54) is 4.90 Å². The number of carbonyl (C=O) groups is 3. The molecule has 1 heterocycles. The first-order chi connectivity index (χ1) is 8.65. The first-order valence-electron chi connectivity index (χ1n) is 5.59. The van der Waals surface area contributed by atoms with Gasteiger partial charge in [0, 0.05) is 18.7 Å². The van der Waals surface area contributed by atoms with E-state index in [-0.39, 0.29) is 31.3 Å². The standard InChI is InChI=1S/C12H13N3O3/c16-10(13-9-4-2-1-3-5-9)6-7-15-8-11(17)14-12(15)18/h1-5H,6-8H2,(H,13,16)(H,14,17,18). The predicted octanol–water partition coefficient (Wildman–Crippen LogP) is 0.567. The average Bonchev–Trinajstić information content (AvgIpc) is 2.66. The molecule has 1 aliphatic heterocycles. The van der Waals surface area contributed by atoms with Crippen molar-refractivity contribution in [2.24, 2.45) is 0 Å². The van der Waals surface area contributed by atoms with E-state index in [1.807, 2.05) is 18.2 Å². The lowest BCUT2D eigenvalue weighted by atomic mass is 10.3. The molecule has 6 nitrogen and oxygen atoms in total. The van der Waals surface area contributed by atoms with Crippen LogP contribution in [0.15, 0.2) is 30.3 Å². The highest BCUT2D eigenvalue weighted by molar-refractivity contribution is 6.02. The zero-order valence-electron chi connectivity index (χ0n) is 9.68. The molecule has 1 aromatic rings. The second kappa shape index (κ2) is 5.31. The molecule has 0 unspecified atom stereocenters. The first kappa shape index (κ1) is 12.1. The van der Waals surface area contributed by atoms with Crippen molar-refractivity contribution in [2.45, 2.75) is 6.42 Å². The number of nitrogens with one attached hydrogen (secondary N) is 2. The molecule has 0 radical (unpaired) electrons. The summed E-state index contributed by atoms with van der Waals surface area (Å²) in [5, 5.41) is 4.87. The highest BCUT2D eigenvalue weighted by Gasteiger charge is 2.26. The normalized spacial score (nSPS) is 14.6. The maximum Gasteiger partial charge on any atom is 0.324 e. The smallest absolute Gasteiger partial charge is 0.324 e. The summed E-state index contributed by atoms with van der Waals surface area (Å²) in [7, 11) is 0. The van der Waals surface area contributed by atoms with Gasteiger partial charge in [0.1, 0.15) is 6.54 Å². The number of urea groups is 1. The van der Waals surface area contributed by atoms with E-state index in [1.54, 1.807) is 12.1 Å². The zero-order chi connectivity index (χ0) is 13.0. The number of benzene rings is 1. The van der Waals surface area contributed by atoms with Crippen LogP contribution in [0.4, 0.5) is 10.5 Å². The van der Waals surface area contributed by atoms with Gasteiger partial charge in [-0.25, -0.2) is 4.79 Å². The van der Waals surface area contributed by atoms with Crippen LogP contribution >= 0.6 is 0 Å². The minimum Gasteiger partial charge on any atom is -0.326 e. The van der Waals surface area contributed by atoms with E-state index in [0.29, 0.717) is 5.69 Å². The summed E-state index contributed by atoms with van der Waals surface area (Å²) < 4.78 is 0. The minimum absolute atomic E-state index is 0.0252. The van der Waals surface area contributed by atoms with E-state index in [0.717, 1.165) is 0 Å². The molecule has 0 aliphatic carbocycles. The third-order valence-corrected chi connectivity index (χ3v) is 2.53. The molecule has 1 aliphatic rings. The van der Waals surface area contributed by atoms with E-state index in [2.05, 4.69) is 10.6 Å². The number of hydrogen-bond donors (Lipinski definition) is 2. The van der Waals surface area contributed by atoms with E-state index < -0.39 is 6.03 Å². The molecule has 18 heavy (non-hydrogen) atoms. The fourth-order valence-electron chi connectivity index (χ4n) is 1.65. The topological polar surface area (TPSA) is 78.5 Å². The van der Waals surface area contributed by atoms with Crippen LogP contribution in [0, 0.1) is 0 Å². The van der Waals surface area contributed by atoms with Crippen LogP contribution in [0.1, 0.15) is 6.42 Å². The summed E-state index contributed by atoms with van der Waals surface area (Å²) >= 11 is 0. The van der Waals surface area contributed by atoms with Crippen molar-refractivity contribution in [2.75, 3.05) is 18.4 Å². The largest absolute Gasteiger partial charge is 0.326 e. The molecular formula is C12H13N3O3. The number of amides is 4. The predicted molar refractivity (Wildman–Crippen MR) is 64.8 cm³/mol. The van der Waals surface area contributed by atoms with Crippen LogP contribution in [-0.4, -0.2) is 35.8 Å². The Balaban J connectivity index is 1.79. The average molecular weight is 247 g/mol. The number of hydrogen-bond acceptors (Lipinski definition) is 3. The molecule has 2 N–H and O–H groups in total. The monoisotopic (exact) mass is 247 g/mol. The Labute approximate surface area is 104 Å². The van der Waals surface area contributed by atoms with Crippen LogP contribution in [-0.2, 0) is 9.59 Å². The van der Waals surface area contributed by atoms with Gasteiger partial charge in [0.25, 0.3) is 0 Å². The molecule has 0 spiro atoms. The molecule has 0 atom stereocenters. The summed E-state index contributed by atoms with van der Waals surface area (Å²) in [4.78, 5) is 35.1.